The van der Waals surface area contributed by atoms with E-state index in [0.717, 1.165) is 18.5 Å². The Morgan fingerprint density at radius 3 is 2.62 bits per heavy atom. The van der Waals surface area contributed by atoms with E-state index in [1.807, 2.05) is 29.4 Å². The van der Waals surface area contributed by atoms with Crippen LogP contribution in [0.2, 0.25) is 0 Å². The molecule has 29 heavy (non-hydrogen) atoms. The number of alkyl carbamates (subject to hydrolysis) is 1. The van der Waals surface area contributed by atoms with Crippen LogP contribution in [-0.2, 0) is 16.1 Å². The highest BCUT2D eigenvalue weighted by molar-refractivity contribution is 5.86. The van der Waals surface area contributed by atoms with Gasteiger partial charge in [-0.1, -0.05) is 26.3 Å². The van der Waals surface area contributed by atoms with Crippen LogP contribution in [-0.4, -0.2) is 46.2 Å². The molecular weight excluding hydrogens is 370 g/mol. The normalized spacial score (nSPS) is 23.0. The molecule has 2 aliphatic rings. The number of likely N-dealkylation sites (tertiary alicyclic amines) is 1. The molecule has 160 valence electrons. The minimum Gasteiger partial charge on any atom is -0.444 e. The minimum absolute atomic E-state index is 0.00769. The highest BCUT2D eigenvalue weighted by Crippen LogP contribution is 2.35. The molecule has 1 aromatic heterocycles. The van der Waals surface area contributed by atoms with Gasteiger partial charge in [0.1, 0.15) is 11.6 Å². The Morgan fingerprint density at radius 2 is 1.97 bits per heavy atom. The predicted molar refractivity (Wildman–Crippen MR) is 111 cm³/mol. The van der Waals surface area contributed by atoms with E-state index in [2.05, 4.69) is 5.32 Å². The average Bonchev–Trinajstić information content (AvgIpc) is 2.64. The van der Waals surface area contributed by atoms with Crippen molar-refractivity contribution in [3.8, 4) is 0 Å². The molecule has 0 saturated carbocycles. The van der Waals surface area contributed by atoms with Gasteiger partial charge >= 0.3 is 6.09 Å². The lowest BCUT2D eigenvalue weighted by atomic mass is 9.82. The monoisotopic (exact) mass is 403 g/mol. The number of fused-ring (bicyclic) bond motifs is 4. The molecule has 2 amide bonds. The van der Waals surface area contributed by atoms with Gasteiger partial charge in [0.15, 0.2) is 0 Å². The maximum atomic E-state index is 13.4. The first-order valence-electron chi connectivity index (χ1n) is 10.6. The average molecular weight is 404 g/mol. The van der Waals surface area contributed by atoms with E-state index in [1.165, 1.54) is 0 Å². The summed E-state index contributed by atoms with van der Waals surface area (Å²) in [7, 11) is 0. The van der Waals surface area contributed by atoms with E-state index in [0.29, 0.717) is 19.6 Å². The molecule has 2 unspecified atom stereocenters. The van der Waals surface area contributed by atoms with Gasteiger partial charge < -0.3 is 19.5 Å². The Kier molecular flexibility index (Phi) is 6.05. The third-order valence-corrected chi connectivity index (χ3v) is 5.94. The molecule has 7 heteroatoms. The van der Waals surface area contributed by atoms with Crippen molar-refractivity contribution in [2.24, 2.45) is 11.8 Å². The summed E-state index contributed by atoms with van der Waals surface area (Å²) in [6, 6.07) is 4.76. The molecule has 1 fully saturated rings. The summed E-state index contributed by atoms with van der Waals surface area (Å²) < 4.78 is 7.23. The molecule has 2 bridgehead atoms. The number of carbonyl (C=O) groups excluding carboxylic acids is 2. The number of carbonyl (C=O) groups is 2. The summed E-state index contributed by atoms with van der Waals surface area (Å²) in [4.78, 5) is 39.8. The molecule has 7 nitrogen and oxygen atoms in total. The molecule has 0 spiro atoms. The SMILES string of the molecule is CCC(C)C(NC(=O)OC(C)(C)C)C(=O)N1C[C@@H]2C[C@H](C1)c1cccc(=O)n1C2. The fraction of sp³-hybridized carbons (Fsp3) is 0.682. The first kappa shape index (κ1) is 21.4. The minimum atomic E-state index is -0.619. The van der Waals surface area contributed by atoms with Gasteiger partial charge in [0.25, 0.3) is 5.56 Å². The third kappa shape index (κ3) is 4.82. The van der Waals surface area contributed by atoms with Crippen molar-refractivity contribution in [3.63, 3.8) is 0 Å². The van der Waals surface area contributed by atoms with E-state index in [9.17, 15) is 14.4 Å². The van der Waals surface area contributed by atoms with Gasteiger partial charge in [0, 0.05) is 37.3 Å². The number of amides is 2. The molecule has 0 aromatic carbocycles. The number of rotatable bonds is 4. The van der Waals surface area contributed by atoms with Crippen LogP contribution in [0.25, 0.3) is 0 Å². The van der Waals surface area contributed by atoms with Gasteiger partial charge in [-0.15, -0.1) is 0 Å². The Morgan fingerprint density at radius 1 is 1.24 bits per heavy atom. The molecule has 0 aliphatic carbocycles. The van der Waals surface area contributed by atoms with Crippen LogP contribution in [0.4, 0.5) is 4.79 Å². The first-order chi connectivity index (χ1) is 13.6. The Balaban J connectivity index is 1.77. The Bertz CT molecular complexity index is 826. The number of nitrogens with zero attached hydrogens (tertiary/aromatic N) is 2. The second kappa shape index (κ2) is 8.20. The van der Waals surface area contributed by atoms with E-state index in [-0.39, 0.29) is 29.2 Å². The number of piperidine rings is 1. The van der Waals surface area contributed by atoms with Gasteiger partial charge in [-0.2, -0.15) is 0 Å². The summed E-state index contributed by atoms with van der Waals surface area (Å²) >= 11 is 0. The quantitative estimate of drug-likeness (QED) is 0.838. The number of hydrogen-bond donors (Lipinski definition) is 1. The Labute approximate surface area is 172 Å². The van der Waals surface area contributed by atoms with Crippen LogP contribution in [0, 0.1) is 11.8 Å². The lowest BCUT2D eigenvalue weighted by molar-refractivity contribution is -0.137. The van der Waals surface area contributed by atoms with Crippen LogP contribution in [0.15, 0.2) is 23.0 Å². The van der Waals surface area contributed by atoms with Gasteiger partial charge in [-0.3, -0.25) is 9.59 Å². The second-order valence-electron chi connectivity index (χ2n) is 9.45. The van der Waals surface area contributed by atoms with Crippen molar-refractivity contribution < 1.29 is 14.3 Å². The molecule has 3 rings (SSSR count). The predicted octanol–water partition coefficient (Wildman–Crippen LogP) is 2.73. The zero-order valence-corrected chi connectivity index (χ0v) is 18.1. The molecule has 1 N–H and O–H groups in total. The molecule has 1 saturated heterocycles. The van der Waals surface area contributed by atoms with E-state index in [1.54, 1.807) is 32.9 Å². The number of nitrogens with one attached hydrogen (secondary N) is 1. The largest absolute Gasteiger partial charge is 0.444 e. The van der Waals surface area contributed by atoms with Crippen molar-refractivity contribution in [1.29, 1.82) is 0 Å². The van der Waals surface area contributed by atoms with Crippen molar-refractivity contribution in [1.82, 2.24) is 14.8 Å². The van der Waals surface area contributed by atoms with Crippen molar-refractivity contribution in [3.05, 3.63) is 34.2 Å². The zero-order valence-electron chi connectivity index (χ0n) is 18.1. The van der Waals surface area contributed by atoms with Crippen LogP contribution >= 0.6 is 0 Å². The maximum Gasteiger partial charge on any atom is 0.408 e. The highest BCUT2D eigenvalue weighted by Gasteiger charge is 2.39. The molecule has 3 heterocycles. The number of hydrogen-bond acceptors (Lipinski definition) is 4. The smallest absolute Gasteiger partial charge is 0.408 e. The van der Waals surface area contributed by atoms with Gasteiger partial charge in [0.2, 0.25) is 5.91 Å². The van der Waals surface area contributed by atoms with E-state index < -0.39 is 17.7 Å². The lowest BCUT2D eigenvalue weighted by Crippen LogP contribution is -2.57. The molecule has 0 radical (unpaired) electrons. The lowest BCUT2D eigenvalue weighted by Gasteiger charge is -2.44. The zero-order chi connectivity index (χ0) is 21.3. The van der Waals surface area contributed by atoms with E-state index in [4.69, 9.17) is 4.74 Å². The fourth-order valence-electron chi connectivity index (χ4n) is 4.39. The first-order valence-corrected chi connectivity index (χ1v) is 10.6. The molecule has 1 aromatic rings. The number of ether oxygens (including phenoxy) is 1. The highest BCUT2D eigenvalue weighted by atomic mass is 16.6. The molecule has 2 aliphatic heterocycles. The summed E-state index contributed by atoms with van der Waals surface area (Å²) in [5, 5.41) is 2.81. The van der Waals surface area contributed by atoms with Gasteiger partial charge in [-0.25, -0.2) is 4.79 Å². The number of pyridine rings is 1. The molecule has 4 atom stereocenters. The van der Waals surface area contributed by atoms with Crippen LogP contribution in [0.3, 0.4) is 0 Å². The standard InChI is InChI=1S/C22H33N3O4/c1-6-14(2)19(23-21(28)29-22(3,4)5)20(27)24-11-15-10-16(13-24)17-8-7-9-18(26)25(17)12-15/h7-9,14-16,19H,6,10-13H2,1-5H3,(H,23,28)/t14?,15-,16+,19?/m0/s1. The summed E-state index contributed by atoms with van der Waals surface area (Å²) in [5.41, 5.74) is 0.416. The van der Waals surface area contributed by atoms with Gasteiger partial charge in [0.05, 0.1) is 0 Å². The maximum absolute atomic E-state index is 13.4. The topological polar surface area (TPSA) is 80.6 Å². The fourth-order valence-corrected chi connectivity index (χ4v) is 4.39. The Hall–Kier alpha value is -2.31. The molecular formula is C22H33N3O4. The van der Waals surface area contributed by atoms with Crippen LogP contribution in [0.1, 0.15) is 59.1 Å². The van der Waals surface area contributed by atoms with E-state index >= 15 is 0 Å². The number of aromatic nitrogens is 1. The van der Waals surface area contributed by atoms with Crippen LogP contribution < -0.4 is 10.9 Å². The van der Waals surface area contributed by atoms with Crippen molar-refractivity contribution >= 4 is 12.0 Å². The van der Waals surface area contributed by atoms with Gasteiger partial charge in [-0.05, 0) is 45.1 Å². The summed E-state index contributed by atoms with van der Waals surface area (Å²) in [5.74, 6) is 0.335. The van der Waals surface area contributed by atoms with Crippen LogP contribution in [0.5, 0.6) is 0 Å². The van der Waals surface area contributed by atoms with Crippen molar-refractivity contribution in [2.45, 2.75) is 71.6 Å². The summed E-state index contributed by atoms with van der Waals surface area (Å²) in [6.45, 7) is 11.2. The third-order valence-electron chi connectivity index (χ3n) is 5.94. The second-order valence-corrected chi connectivity index (χ2v) is 9.45. The summed E-state index contributed by atoms with van der Waals surface area (Å²) in [6.07, 6.45) is 1.19. The van der Waals surface area contributed by atoms with Crippen molar-refractivity contribution in [2.75, 3.05) is 13.1 Å².